The number of hydrogen-bond donors (Lipinski definition) is 0. The van der Waals surface area contributed by atoms with Crippen LogP contribution in [0, 0.1) is 12.7 Å². The van der Waals surface area contributed by atoms with Crippen molar-refractivity contribution in [1.82, 2.24) is 4.90 Å². The van der Waals surface area contributed by atoms with Crippen LogP contribution in [0.1, 0.15) is 25.0 Å². The summed E-state index contributed by atoms with van der Waals surface area (Å²) in [6, 6.07) is 3.30. The van der Waals surface area contributed by atoms with Gasteiger partial charge < -0.3 is 14.4 Å². The number of halogens is 1. The second-order valence-electron chi connectivity index (χ2n) is 5.36. The monoisotopic (exact) mass is 294 g/mol. The fourth-order valence-corrected chi connectivity index (χ4v) is 2.38. The van der Waals surface area contributed by atoms with Crippen molar-refractivity contribution in [3.05, 3.63) is 29.1 Å². The van der Waals surface area contributed by atoms with E-state index in [1.165, 1.54) is 6.07 Å². The number of aryl methyl sites for hydroxylation is 1. The summed E-state index contributed by atoms with van der Waals surface area (Å²) in [5.74, 6) is -0.331. The number of nitrogens with zero attached hydrogens (tertiary/aromatic N) is 2. The minimum Gasteiger partial charge on any atom is -0.375 e. The first-order valence-corrected chi connectivity index (χ1v) is 7.29. The van der Waals surface area contributed by atoms with E-state index in [-0.39, 0.29) is 5.82 Å². The van der Waals surface area contributed by atoms with E-state index in [0.717, 1.165) is 17.7 Å². The van der Waals surface area contributed by atoms with E-state index >= 15 is 0 Å². The molecule has 21 heavy (non-hydrogen) atoms. The molecule has 1 aliphatic heterocycles. The Hall–Kier alpha value is -1.46. The molecule has 116 valence electrons. The molecule has 1 aliphatic rings. The molecule has 0 radical (unpaired) electrons. The Kier molecular flexibility index (Phi) is 4.96. The maximum atomic E-state index is 14.3. The normalized spacial score (nSPS) is 17.0. The largest absolute Gasteiger partial charge is 0.375 e. The van der Waals surface area contributed by atoms with Crippen molar-refractivity contribution in [2.45, 2.75) is 26.4 Å². The Balaban J connectivity index is 2.31. The lowest BCUT2D eigenvalue weighted by Gasteiger charge is -2.42. The van der Waals surface area contributed by atoms with E-state index in [2.05, 4.69) is 4.99 Å². The van der Waals surface area contributed by atoms with Gasteiger partial charge in [-0.3, -0.25) is 0 Å². The highest BCUT2D eigenvalue weighted by molar-refractivity contribution is 5.62. The van der Waals surface area contributed by atoms with Crippen molar-refractivity contribution in [1.29, 1.82) is 0 Å². The second kappa shape index (κ2) is 6.54. The van der Waals surface area contributed by atoms with Gasteiger partial charge in [0, 0.05) is 20.2 Å². The van der Waals surface area contributed by atoms with Crippen LogP contribution in [0.25, 0.3) is 0 Å². The van der Waals surface area contributed by atoms with E-state index < -0.39 is 5.60 Å². The van der Waals surface area contributed by atoms with E-state index in [1.54, 1.807) is 12.4 Å². The molecule has 0 N–H and O–H groups in total. The van der Waals surface area contributed by atoms with E-state index in [0.29, 0.717) is 25.5 Å². The third kappa shape index (κ3) is 3.24. The number of aliphatic imine (C=N–C) groups is 1. The van der Waals surface area contributed by atoms with Gasteiger partial charge in [-0.15, -0.1) is 0 Å². The average molecular weight is 294 g/mol. The molecular weight excluding hydrogens is 271 g/mol. The van der Waals surface area contributed by atoms with Gasteiger partial charge in [-0.1, -0.05) is 0 Å². The van der Waals surface area contributed by atoms with E-state index in [4.69, 9.17) is 9.47 Å². The molecule has 5 heteroatoms. The molecule has 1 heterocycles. The first kappa shape index (κ1) is 15.9. The molecule has 0 atom stereocenters. The summed E-state index contributed by atoms with van der Waals surface area (Å²) in [4.78, 5) is 6.10. The molecule has 0 unspecified atom stereocenters. The zero-order valence-corrected chi connectivity index (χ0v) is 13.1. The van der Waals surface area contributed by atoms with E-state index in [1.807, 2.05) is 32.7 Å². The third-order valence-electron chi connectivity index (χ3n) is 3.77. The molecule has 0 spiro atoms. The quantitative estimate of drug-likeness (QED) is 0.597. The summed E-state index contributed by atoms with van der Waals surface area (Å²) >= 11 is 0. The highest BCUT2D eigenvalue weighted by Crippen LogP contribution is 2.37. The Morgan fingerprint density at radius 3 is 2.67 bits per heavy atom. The third-order valence-corrected chi connectivity index (χ3v) is 3.77. The number of hydrogen-bond acceptors (Lipinski definition) is 3. The van der Waals surface area contributed by atoms with Crippen molar-refractivity contribution in [2.75, 3.05) is 33.4 Å². The van der Waals surface area contributed by atoms with Gasteiger partial charge in [0.25, 0.3) is 0 Å². The van der Waals surface area contributed by atoms with Crippen molar-refractivity contribution < 1.29 is 13.9 Å². The Morgan fingerprint density at radius 1 is 1.43 bits per heavy atom. The summed E-state index contributed by atoms with van der Waals surface area (Å²) < 4.78 is 25.4. The molecule has 4 nitrogen and oxygen atoms in total. The van der Waals surface area contributed by atoms with Crippen molar-refractivity contribution in [2.24, 2.45) is 4.99 Å². The minimum absolute atomic E-state index is 0.331. The molecule has 0 bridgehead atoms. The molecule has 0 saturated carbocycles. The molecule has 1 fully saturated rings. The lowest BCUT2D eigenvalue weighted by Crippen LogP contribution is -2.49. The molecule has 0 aromatic heterocycles. The van der Waals surface area contributed by atoms with Gasteiger partial charge in [0.1, 0.15) is 17.1 Å². The Labute approximate surface area is 125 Å². The van der Waals surface area contributed by atoms with Crippen LogP contribution < -0.4 is 0 Å². The zero-order valence-electron chi connectivity index (χ0n) is 13.1. The Bertz CT molecular complexity index is 527. The van der Waals surface area contributed by atoms with Gasteiger partial charge >= 0.3 is 0 Å². The second-order valence-corrected chi connectivity index (χ2v) is 5.36. The minimum atomic E-state index is -0.498. The predicted octanol–water partition coefficient (Wildman–Crippen LogP) is 3.01. The highest BCUT2D eigenvalue weighted by Gasteiger charge is 2.42. The maximum Gasteiger partial charge on any atom is 0.149 e. The number of ether oxygens (including phenoxy) is 2. The topological polar surface area (TPSA) is 34.1 Å². The number of rotatable bonds is 6. The van der Waals surface area contributed by atoms with Gasteiger partial charge in [-0.2, -0.15) is 0 Å². The van der Waals surface area contributed by atoms with Crippen LogP contribution in [-0.4, -0.2) is 44.7 Å². The molecule has 1 aromatic carbocycles. The van der Waals surface area contributed by atoms with Crippen LogP contribution in [0.2, 0.25) is 0 Å². The van der Waals surface area contributed by atoms with Crippen LogP contribution >= 0.6 is 0 Å². The summed E-state index contributed by atoms with van der Waals surface area (Å²) in [7, 11) is 1.90. The summed E-state index contributed by atoms with van der Waals surface area (Å²) in [5.41, 5.74) is 1.68. The summed E-state index contributed by atoms with van der Waals surface area (Å²) in [5, 5.41) is 0. The van der Waals surface area contributed by atoms with Gasteiger partial charge in [0.05, 0.1) is 19.6 Å². The van der Waals surface area contributed by atoms with Crippen LogP contribution in [0.5, 0.6) is 0 Å². The zero-order chi connectivity index (χ0) is 15.5. The standard InChI is InChI=1S/C16H23FN2O2/c1-5-19(4)11-18-15-7-12(3)13(8-14(15)17)16(21-6-2)9-20-10-16/h7-8,11H,5-6,9-10H2,1-4H3. The smallest absolute Gasteiger partial charge is 0.149 e. The first-order valence-electron chi connectivity index (χ1n) is 7.29. The molecular formula is C16H23FN2O2. The molecule has 1 aromatic rings. The fraction of sp³-hybridized carbons (Fsp3) is 0.562. The fourth-order valence-electron chi connectivity index (χ4n) is 2.38. The predicted molar refractivity (Wildman–Crippen MR) is 81.7 cm³/mol. The lowest BCUT2D eigenvalue weighted by atomic mass is 9.88. The SMILES string of the molecule is CCOC1(c2cc(F)c(N=CN(C)CC)cc2C)COC1. The van der Waals surface area contributed by atoms with Gasteiger partial charge in [0.15, 0.2) is 0 Å². The summed E-state index contributed by atoms with van der Waals surface area (Å²) in [6.07, 6.45) is 1.64. The average Bonchev–Trinajstić information content (AvgIpc) is 2.43. The highest BCUT2D eigenvalue weighted by atomic mass is 19.1. The first-order chi connectivity index (χ1) is 10.0. The molecule has 0 aliphatic carbocycles. The van der Waals surface area contributed by atoms with Crippen LogP contribution in [0.3, 0.4) is 0 Å². The van der Waals surface area contributed by atoms with Crippen molar-refractivity contribution >= 4 is 12.0 Å². The Morgan fingerprint density at radius 2 is 2.14 bits per heavy atom. The molecule has 1 saturated heterocycles. The van der Waals surface area contributed by atoms with Crippen molar-refractivity contribution in [3.8, 4) is 0 Å². The van der Waals surface area contributed by atoms with Crippen LogP contribution in [0.4, 0.5) is 10.1 Å². The van der Waals surface area contributed by atoms with Crippen molar-refractivity contribution in [3.63, 3.8) is 0 Å². The van der Waals surface area contributed by atoms with Gasteiger partial charge in [0.2, 0.25) is 0 Å². The maximum absolute atomic E-state index is 14.3. The molecule has 2 rings (SSSR count). The summed E-state index contributed by atoms with van der Waals surface area (Å²) in [6.45, 7) is 8.25. The van der Waals surface area contributed by atoms with Crippen LogP contribution in [0.15, 0.2) is 17.1 Å². The lowest BCUT2D eigenvalue weighted by molar-refractivity contribution is -0.214. The van der Waals surface area contributed by atoms with Gasteiger partial charge in [-0.25, -0.2) is 9.38 Å². The van der Waals surface area contributed by atoms with Crippen LogP contribution in [-0.2, 0) is 15.1 Å². The van der Waals surface area contributed by atoms with E-state index in [9.17, 15) is 4.39 Å². The van der Waals surface area contributed by atoms with Gasteiger partial charge in [-0.05, 0) is 44.0 Å². The number of benzene rings is 1. The molecule has 0 amide bonds.